The van der Waals surface area contributed by atoms with Crippen LogP contribution in [0.25, 0.3) is 10.6 Å². The van der Waals surface area contributed by atoms with Crippen LogP contribution in [0.2, 0.25) is 0 Å². The Balaban J connectivity index is 2.02. The van der Waals surface area contributed by atoms with Crippen LogP contribution in [-0.2, 0) is 17.5 Å². The molecule has 0 bridgehead atoms. The Bertz CT molecular complexity index is 695. The van der Waals surface area contributed by atoms with Crippen LogP contribution in [0.5, 0.6) is 0 Å². The van der Waals surface area contributed by atoms with E-state index in [1.54, 1.807) is 5.38 Å². The van der Waals surface area contributed by atoms with Gasteiger partial charge in [-0.15, -0.1) is 11.3 Å². The van der Waals surface area contributed by atoms with E-state index in [9.17, 15) is 18.0 Å². The molecule has 0 fully saturated rings. The van der Waals surface area contributed by atoms with Crippen LogP contribution < -0.4 is 11.1 Å². The molecule has 1 aromatic heterocycles. The molecular weight excluding hydrogens is 339 g/mol. The van der Waals surface area contributed by atoms with Gasteiger partial charge in [0.25, 0.3) is 0 Å². The number of hydrogen-bond acceptors (Lipinski definition) is 4. The maximum Gasteiger partial charge on any atom is 0.416 e. The molecule has 1 heterocycles. The molecule has 0 saturated heterocycles. The van der Waals surface area contributed by atoms with Crippen molar-refractivity contribution in [3.8, 4) is 10.6 Å². The quantitative estimate of drug-likeness (QED) is 0.861. The molecule has 0 unspecified atom stereocenters. The van der Waals surface area contributed by atoms with Crippen molar-refractivity contribution in [3.63, 3.8) is 0 Å². The number of carbonyl (C=O) groups excluding carboxylic acids is 1. The molecule has 4 nitrogen and oxygen atoms in total. The van der Waals surface area contributed by atoms with E-state index in [1.165, 1.54) is 23.5 Å². The number of nitrogens with one attached hydrogen (secondary N) is 1. The highest BCUT2D eigenvalue weighted by molar-refractivity contribution is 7.13. The molecule has 1 atom stereocenters. The van der Waals surface area contributed by atoms with Gasteiger partial charge in [-0.1, -0.05) is 26.0 Å². The predicted molar refractivity (Wildman–Crippen MR) is 87.2 cm³/mol. The molecule has 1 amide bonds. The first-order chi connectivity index (χ1) is 11.2. The number of thiazole rings is 1. The van der Waals surface area contributed by atoms with Crippen molar-refractivity contribution in [2.75, 3.05) is 0 Å². The van der Waals surface area contributed by atoms with Crippen molar-refractivity contribution in [2.45, 2.75) is 32.6 Å². The maximum atomic E-state index is 12.6. The summed E-state index contributed by atoms with van der Waals surface area (Å²) in [6.45, 7) is 3.95. The highest BCUT2D eigenvalue weighted by Crippen LogP contribution is 2.31. The molecule has 2 rings (SSSR count). The molecule has 2 aromatic rings. The predicted octanol–water partition coefficient (Wildman–Crippen LogP) is 3.43. The molecular formula is C16H18F3N3OS. The Morgan fingerprint density at radius 2 is 1.92 bits per heavy atom. The summed E-state index contributed by atoms with van der Waals surface area (Å²) in [6, 6.07) is 4.25. The molecule has 0 radical (unpaired) electrons. The smallest absolute Gasteiger partial charge is 0.349 e. The van der Waals surface area contributed by atoms with Crippen molar-refractivity contribution in [1.29, 1.82) is 0 Å². The van der Waals surface area contributed by atoms with Crippen molar-refractivity contribution in [1.82, 2.24) is 10.3 Å². The van der Waals surface area contributed by atoms with E-state index < -0.39 is 17.8 Å². The minimum Gasteiger partial charge on any atom is -0.349 e. The van der Waals surface area contributed by atoms with Gasteiger partial charge in [0, 0.05) is 10.9 Å². The van der Waals surface area contributed by atoms with Crippen molar-refractivity contribution < 1.29 is 18.0 Å². The third-order valence-electron chi connectivity index (χ3n) is 3.48. The highest BCUT2D eigenvalue weighted by atomic mass is 32.1. The van der Waals surface area contributed by atoms with E-state index in [-0.39, 0.29) is 18.4 Å². The van der Waals surface area contributed by atoms with E-state index in [0.29, 0.717) is 16.3 Å². The first kappa shape index (κ1) is 18.4. The third kappa shape index (κ3) is 4.55. The summed E-state index contributed by atoms with van der Waals surface area (Å²) in [5.41, 5.74) is 6.29. The summed E-state index contributed by atoms with van der Waals surface area (Å²) < 4.78 is 37.7. The van der Waals surface area contributed by atoms with Crippen molar-refractivity contribution in [2.24, 2.45) is 11.7 Å². The van der Waals surface area contributed by atoms with Crippen LogP contribution in [0.1, 0.15) is 25.1 Å². The lowest BCUT2D eigenvalue weighted by atomic mass is 10.1. The van der Waals surface area contributed by atoms with Crippen LogP contribution >= 0.6 is 11.3 Å². The second-order valence-corrected chi connectivity index (χ2v) is 6.56. The Morgan fingerprint density at radius 3 is 2.46 bits per heavy atom. The van der Waals surface area contributed by atoms with E-state index in [4.69, 9.17) is 5.73 Å². The zero-order chi connectivity index (χ0) is 17.9. The fourth-order valence-corrected chi connectivity index (χ4v) is 2.75. The second kappa shape index (κ2) is 7.31. The van der Waals surface area contributed by atoms with Crippen LogP contribution in [0.3, 0.4) is 0 Å². The number of nitrogens with zero attached hydrogens (tertiary/aromatic N) is 1. The van der Waals surface area contributed by atoms with Crippen LogP contribution in [0.15, 0.2) is 29.6 Å². The van der Waals surface area contributed by atoms with Crippen molar-refractivity contribution in [3.05, 3.63) is 40.9 Å². The average molecular weight is 357 g/mol. The largest absolute Gasteiger partial charge is 0.416 e. The Kier molecular flexibility index (Phi) is 5.61. The zero-order valence-corrected chi connectivity index (χ0v) is 14.0. The van der Waals surface area contributed by atoms with Gasteiger partial charge in [-0.05, 0) is 18.1 Å². The van der Waals surface area contributed by atoms with Gasteiger partial charge in [0.2, 0.25) is 5.91 Å². The third-order valence-corrected chi connectivity index (χ3v) is 4.42. The SMILES string of the molecule is CC(C)[C@H](N)C(=O)NCc1csc(-c2ccc(C(F)(F)F)cc2)n1. The lowest BCUT2D eigenvalue weighted by Crippen LogP contribution is -2.43. The van der Waals surface area contributed by atoms with Crippen LogP contribution in [0.4, 0.5) is 13.2 Å². The Hall–Kier alpha value is -1.93. The highest BCUT2D eigenvalue weighted by Gasteiger charge is 2.30. The minimum absolute atomic E-state index is 0.0307. The van der Waals surface area contributed by atoms with Gasteiger partial charge >= 0.3 is 6.18 Å². The second-order valence-electron chi connectivity index (χ2n) is 5.71. The normalized spacial score (nSPS) is 13.1. The van der Waals surface area contributed by atoms with Crippen molar-refractivity contribution >= 4 is 17.2 Å². The van der Waals surface area contributed by atoms with E-state index in [2.05, 4.69) is 10.3 Å². The summed E-state index contributed by atoms with van der Waals surface area (Å²) in [5, 5.41) is 5.06. The topological polar surface area (TPSA) is 68.0 Å². The number of aromatic nitrogens is 1. The Morgan fingerprint density at radius 1 is 1.29 bits per heavy atom. The minimum atomic E-state index is -4.36. The van der Waals surface area contributed by atoms with Gasteiger partial charge in [0.05, 0.1) is 23.8 Å². The van der Waals surface area contributed by atoms with Gasteiger partial charge in [-0.25, -0.2) is 4.98 Å². The van der Waals surface area contributed by atoms with Crippen LogP contribution in [0, 0.1) is 5.92 Å². The lowest BCUT2D eigenvalue weighted by molar-refractivity contribution is -0.137. The number of amides is 1. The average Bonchev–Trinajstić information content (AvgIpc) is 3.00. The summed E-state index contributed by atoms with van der Waals surface area (Å²) in [4.78, 5) is 16.1. The molecule has 24 heavy (non-hydrogen) atoms. The number of carbonyl (C=O) groups is 1. The molecule has 0 aliphatic heterocycles. The molecule has 1 aromatic carbocycles. The summed E-state index contributed by atoms with van der Waals surface area (Å²) >= 11 is 1.31. The molecule has 0 aliphatic carbocycles. The van der Waals surface area contributed by atoms with Gasteiger partial charge in [-0.2, -0.15) is 13.2 Å². The summed E-state index contributed by atoms with van der Waals surface area (Å²) in [6.07, 6.45) is -4.36. The number of nitrogens with two attached hydrogens (primary N) is 1. The fourth-order valence-electron chi connectivity index (χ4n) is 1.92. The standard InChI is InChI=1S/C16H18F3N3OS/c1-9(2)13(20)14(23)21-7-12-8-24-15(22-12)10-3-5-11(6-4-10)16(17,18)19/h3-6,8-9,13H,7,20H2,1-2H3,(H,21,23)/t13-/m0/s1. The maximum absolute atomic E-state index is 12.6. The number of benzene rings is 1. The van der Waals surface area contributed by atoms with Crippen LogP contribution in [-0.4, -0.2) is 16.9 Å². The number of rotatable bonds is 5. The first-order valence-electron chi connectivity index (χ1n) is 7.34. The molecule has 0 aliphatic rings. The summed E-state index contributed by atoms with van der Waals surface area (Å²) in [5.74, 6) is -0.225. The zero-order valence-electron chi connectivity index (χ0n) is 13.2. The molecule has 3 N–H and O–H groups in total. The molecule has 8 heteroatoms. The van der Waals surface area contributed by atoms with Gasteiger partial charge in [0.15, 0.2) is 0 Å². The van der Waals surface area contributed by atoms with Gasteiger partial charge < -0.3 is 11.1 Å². The molecule has 130 valence electrons. The van der Waals surface area contributed by atoms with E-state index >= 15 is 0 Å². The molecule has 0 saturated carbocycles. The first-order valence-corrected chi connectivity index (χ1v) is 8.21. The number of alkyl halides is 3. The lowest BCUT2D eigenvalue weighted by Gasteiger charge is -2.14. The van der Waals surface area contributed by atoms with Gasteiger partial charge in [0.1, 0.15) is 5.01 Å². The molecule has 0 spiro atoms. The number of hydrogen-bond donors (Lipinski definition) is 2. The van der Waals surface area contributed by atoms with E-state index in [1.807, 2.05) is 13.8 Å². The monoisotopic (exact) mass is 357 g/mol. The van der Waals surface area contributed by atoms with Gasteiger partial charge in [-0.3, -0.25) is 4.79 Å². The fraction of sp³-hybridized carbons (Fsp3) is 0.375. The van der Waals surface area contributed by atoms with E-state index in [0.717, 1.165) is 12.1 Å². The Labute approximate surface area is 141 Å². The summed E-state index contributed by atoms with van der Waals surface area (Å²) in [7, 11) is 0. The number of halogens is 3.